The molecule has 0 spiro atoms. The van der Waals surface area contributed by atoms with Crippen molar-refractivity contribution in [3.63, 3.8) is 0 Å². The normalized spacial score (nSPS) is 11.6. The Kier molecular flexibility index (Phi) is 7.86. The van der Waals surface area contributed by atoms with Gasteiger partial charge >= 0.3 is 15.1 Å². The van der Waals surface area contributed by atoms with Gasteiger partial charge in [-0.25, -0.2) is 9.97 Å². The first kappa shape index (κ1) is 29.8. The molecule has 7 aromatic rings. The molecule has 7 rings (SSSR count). The summed E-state index contributed by atoms with van der Waals surface area (Å²) in [6, 6.07) is 41.3. The summed E-state index contributed by atoms with van der Waals surface area (Å²) >= 11 is -2.96. The maximum atomic E-state index is 6.79. The van der Waals surface area contributed by atoms with E-state index in [0.29, 0.717) is 17.2 Å². The van der Waals surface area contributed by atoms with Crippen LogP contribution in [0.1, 0.15) is 37.7 Å². The number of pyridine rings is 2. The van der Waals surface area contributed by atoms with E-state index in [4.69, 9.17) is 21.3 Å². The second-order valence-electron chi connectivity index (χ2n) is 12.7. The van der Waals surface area contributed by atoms with E-state index in [1.165, 1.54) is 5.56 Å². The van der Waals surface area contributed by atoms with Crippen LogP contribution >= 0.6 is 0 Å². The van der Waals surface area contributed by atoms with Gasteiger partial charge in [0.1, 0.15) is 22.5 Å². The lowest BCUT2D eigenvalue weighted by molar-refractivity contribution is 0.311. The van der Waals surface area contributed by atoms with Crippen molar-refractivity contribution in [2.45, 2.75) is 40.0 Å². The van der Waals surface area contributed by atoms with E-state index in [-0.39, 0.29) is 5.41 Å². The molecule has 5 nitrogen and oxygen atoms in total. The molecule has 46 heavy (non-hydrogen) atoms. The molecule has 0 aliphatic carbocycles. The van der Waals surface area contributed by atoms with E-state index in [9.17, 15) is 0 Å². The third-order valence-electron chi connectivity index (χ3n) is 8.26. The van der Waals surface area contributed by atoms with Crippen LogP contribution in [0.15, 0.2) is 121 Å². The van der Waals surface area contributed by atoms with Crippen LogP contribution in [0.5, 0.6) is 17.2 Å². The monoisotopic (exact) mass is 618 g/mol. The molecule has 0 radical (unpaired) electrons. The minimum Gasteiger partial charge on any atom is -0.577 e. The van der Waals surface area contributed by atoms with E-state index in [1.54, 1.807) is 0 Å². The second-order valence-corrected chi connectivity index (χ2v) is 14.0. The molecule has 6 heteroatoms. The van der Waals surface area contributed by atoms with Gasteiger partial charge in [0, 0.05) is 27.5 Å². The Balaban J connectivity index is 1.30. The molecule has 0 amide bonds. The van der Waals surface area contributed by atoms with E-state index in [0.717, 1.165) is 55.1 Å². The fourth-order valence-electron chi connectivity index (χ4n) is 5.78. The van der Waals surface area contributed by atoms with Gasteiger partial charge < -0.3 is 11.4 Å². The smallest absolute Gasteiger partial charge is 0.577 e. The number of hydrogen-bond acceptors (Lipinski definition) is 5. The van der Waals surface area contributed by atoms with Crippen LogP contribution in [0, 0.1) is 13.8 Å². The zero-order valence-corrected chi connectivity index (χ0v) is 27.9. The van der Waals surface area contributed by atoms with Crippen LogP contribution < -0.4 is 11.4 Å². The van der Waals surface area contributed by atoms with Crippen molar-refractivity contribution in [2.75, 3.05) is 0 Å². The Hall–Kier alpha value is -4.89. The predicted molar refractivity (Wildman–Crippen MR) is 189 cm³/mol. The molecule has 0 N–H and O–H groups in total. The zero-order chi connectivity index (χ0) is 31.8. The molecule has 0 aliphatic rings. The summed E-state index contributed by atoms with van der Waals surface area (Å²) in [5, 5.41) is 4.07. The number of benzene rings is 5. The summed E-state index contributed by atoms with van der Waals surface area (Å²) in [6.45, 7) is 10.7. The van der Waals surface area contributed by atoms with E-state index < -0.39 is 15.1 Å². The Bertz CT molecular complexity index is 2120. The highest BCUT2D eigenvalue weighted by atomic mass is 27.3. The SMILES string of the molecule is Cc1ccc2cccc([O][Al]([O]c3ccc(-c4ccc(C(C)(C)C)cc4)c4ccccc34)[O]c3cccc4ccc(C)nc34)c2n1. The molecule has 0 fully saturated rings. The van der Waals surface area contributed by atoms with Gasteiger partial charge in [0.15, 0.2) is 0 Å². The van der Waals surface area contributed by atoms with Crippen molar-refractivity contribution in [2.24, 2.45) is 0 Å². The number of fused-ring (bicyclic) bond motifs is 3. The minimum absolute atomic E-state index is 0.0918. The first-order valence-corrected chi connectivity index (χ1v) is 17.0. The summed E-state index contributed by atoms with van der Waals surface area (Å²) in [4.78, 5) is 9.59. The summed E-state index contributed by atoms with van der Waals surface area (Å²) < 4.78 is 20.2. The largest absolute Gasteiger partial charge is 1.20 e. The topological polar surface area (TPSA) is 53.5 Å². The predicted octanol–water partition coefficient (Wildman–Crippen LogP) is 10.0. The average molecular weight is 619 g/mol. The van der Waals surface area contributed by atoms with Gasteiger partial charge in [-0.05, 0) is 71.7 Å². The lowest BCUT2D eigenvalue weighted by atomic mass is 9.86. The molecule has 0 bridgehead atoms. The van der Waals surface area contributed by atoms with Crippen LogP contribution in [-0.2, 0) is 5.41 Å². The Morgan fingerprint density at radius 3 is 1.61 bits per heavy atom. The van der Waals surface area contributed by atoms with Crippen molar-refractivity contribution in [1.29, 1.82) is 0 Å². The van der Waals surface area contributed by atoms with E-state index in [1.807, 2.05) is 74.5 Å². The maximum Gasteiger partial charge on any atom is 1.20 e. The lowest BCUT2D eigenvalue weighted by Gasteiger charge is -2.21. The first-order chi connectivity index (χ1) is 22.2. The molecule has 0 unspecified atom stereocenters. The molecular weight excluding hydrogens is 583 g/mol. The quantitative estimate of drug-likeness (QED) is 0.166. The van der Waals surface area contributed by atoms with Crippen LogP contribution in [0.3, 0.4) is 0 Å². The standard InChI is InChI=1S/C20H20O.2C10H9NO.Al/c1-20(2,3)15-10-8-14(9-11-15)16-12-13-19(21)18-7-5-4-6-17(16)18;2*1-7-5-6-8-3-2-4-9(12)10(8)11-7;/h4-13,21H,1-3H3;2*2-6,12H,1H3;/q;;;+3/p-3. The fourth-order valence-corrected chi connectivity index (χ4v) is 7.14. The van der Waals surface area contributed by atoms with Crippen molar-refractivity contribution >= 4 is 47.7 Å². The van der Waals surface area contributed by atoms with Gasteiger partial charge in [-0.2, -0.15) is 0 Å². The van der Waals surface area contributed by atoms with Crippen LogP contribution in [-0.4, -0.2) is 25.1 Å². The van der Waals surface area contributed by atoms with Gasteiger partial charge in [-0.1, -0.05) is 112 Å². The van der Waals surface area contributed by atoms with Crippen molar-refractivity contribution in [1.82, 2.24) is 9.97 Å². The summed E-state index contributed by atoms with van der Waals surface area (Å²) in [5.74, 6) is 1.96. The van der Waals surface area contributed by atoms with Gasteiger partial charge in [0.05, 0.1) is 5.75 Å². The van der Waals surface area contributed by atoms with E-state index >= 15 is 0 Å². The number of aryl methyl sites for hydroxylation is 2. The lowest BCUT2D eigenvalue weighted by Crippen LogP contribution is -2.37. The molecule has 5 aromatic carbocycles. The Labute approximate surface area is 274 Å². The number of nitrogens with zero attached hydrogens (tertiary/aromatic N) is 2. The summed E-state index contributed by atoms with van der Waals surface area (Å²) in [7, 11) is 0. The summed E-state index contributed by atoms with van der Waals surface area (Å²) in [5.41, 5.74) is 7.08. The zero-order valence-electron chi connectivity index (χ0n) is 26.7. The van der Waals surface area contributed by atoms with Crippen molar-refractivity contribution < 1.29 is 11.4 Å². The molecular formula is C40H35AlN2O3. The van der Waals surface area contributed by atoms with E-state index in [2.05, 4.69) is 81.4 Å². The second kappa shape index (κ2) is 12.1. The molecule has 0 saturated heterocycles. The highest BCUT2D eigenvalue weighted by molar-refractivity contribution is 6.40. The Morgan fingerprint density at radius 2 is 1.04 bits per heavy atom. The Morgan fingerprint density at radius 1 is 0.500 bits per heavy atom. The van der Waals surface area contributed by atoms with Gasteiger partial charge in [0.2, 0.25) is 0 Å². The number of aromatic nitrogens is 2. The first-order valence-electron chi connectivity index (χ1n) is 15.6. The number of para-hydroxylation sites is 2. The highest BCUT2D eigenvalue weighted by Gasteiger charge is 2.45. The van der Waals surface area contributed by atoms with Gasteiger partial charge in [-0.15, -0.1) is 0 Å². The number of rotatable bonds is 7. The number of hydrogen-bond donors (Lipinski definition) is 0. The molecule has 0 saturated carbocycles. The fraction of sp³-hybridized carbons (Fsp3) is 0.150. The van der Waals surface area contributed by atoms with Gasteiger partial charge in [0.25, 0.3) is 0 Å². The minimum atomic E-state index is -2.96. The van der Waals surface area contributed by atoms with Crippen LogP contribution in [0.4, 0.5) is 0 Å². The molecule has 2 heterocycles. The molecule has 0 aliphatic heterocycles. The average Bonchev–Trinajstić information content (AvgIpc) is 3.05. The molecule has 0 atom stereocenters. The third kappa shape index (κ3) is 6.02. The van der Waals surface area contributed by atoms with Crippen LogP contribution in [0.25, 0.3) is 43.7 Å². The molecule has 2 aromatic heterocycles. The summed E-state index contributed by atoms with van der Waals surface area (Å²) in [6.07, 6.45) is 0. The van der Waals surface area contributed by atoms with Crippen LogP contribution in [0.2, 0.25) is 0 Å². The van der Waals surface area contributed by atoms with Crippen molar-refractivity contribution in [3.05, 3.63) is 138 Å². The van der Waals surface area contributed by atoms with Gasteiger partial charge in [-0.3, -0.25) is 0 Å². The maximum absolute atomic E-state index is 6.79. The highest BCUT2D eigenvalue weighted by Crippen LogP contribution is 2.37. The molecule has 226 valence electrons. The third-order valence-corrected chi connectivity index (χ3v) is 9.60. The van der Waals surface area contributed by atoms with Crippen molar-refractivity contribution in [3.8, 4) is 28.4 Å².